The van der Waals surface area contributed by atoms with Crippen molar-refractivity contribution in [1.29, 1.82) is 0 Å². The minimum absolute atomic E-state index is 0.627. The maximum absolute atomic E-state index is 5.50. The van der Waals surface area contributed by atoms with Crippen molar-refractivity contribution in [2.75, 3.05) is 0 Å². The van der Waals surface area contributed by atoms with Gasteiger partial charge in [-0.05, 0) is 31.2 Å². The van der Waals surface area contributed by atoms with Gasteiger partial charge in [-0.1, -0.05) is 18.2 Å². The molecule has 17 heavy (non-hydrogen) atoms. The van der Waals surface area contributed by atoms with E-state index in [1.54, 1.807) is 6.20 Å². The van der Waals surface area contributed by atoms with Crippen molar-refractivity contribution >= 4 is 11.5 Å². The normalized spacial score (nSPS) is 11.3. The van der Waals surface area contributed by atoms with E-state index in [0.29, 0.717) is 5.84 Å². The Kier molecular flexibility index (Phi) is 3.47. The highest BCUT2D eigenvalue weighted by molar-refractivity contribution is 5.99. The van der Waals surface area contributed by atoms with E-state index in [9.17, 15) is 0 Å². The molecule has 0 bridgehead atoms. The van der Waals surface area contributed by atoms with E-state index in [4.69, 9.17) is 5.84 Å². The van der Waals surface area contributed by atoms with Gasteiger partial charge in [0.05, 0.1) is 5.69 Å². The molecule has 0 aliphatic heterocycles. The van der Waals surface area contributed by atoms with Gasteiger partial charge in [0.1, 0.15) is 5.84 Å². The molecule has 0 unspecified atom stereocenters. The topological polar surface area (TPSA) is 63.3 Å². The van der Waals surface area contributed by atoms with E-state index in [2.05, 4.69) is 15.4 Å². The summed E-state index contributed by atoms with van der Waals surface area (Å²) in [6.45, 7) is 1.93. The third kappa shape index (κ3) is 2.89. The first kappa shape index (κ1) is 11.3. The number of rotatable bonds is 2. The third-order valence-corrected chi connectivity index (χ3v) is 2.30. The molecule has 0 saturated heterocycles. The summed E-state index contributed by atoms with van der Waals surface area (Å²) in [7, 11) is 0. The van der Waals surface area contributed by atoms with E-state index >= 15 is 0 Å². The Bertz CT molecular complexity index is 520. The Hall–Kier alpha value is -2.20. The van der Waals surface area contributed by atoms with Gasteiger partial charge in [-0.2, -0.15) is 0 Å². The molecule has 1 aromatic heterocycles. The van der Waals surface area contributed by atoms with Crippen LogP contribution in [0.25, 0.3) is 0 Å². The molecule has 0 fully saturated rings. The largest absolute Gasteiger partial charge is 0.308 e. The molecule has 2 aromatic rings. The molecule has 0 atom stereocenters. The van der Waals surface area contributed by atoms with Gasteiger partial charge in [0.2, 0.25) is 0 Å². The van der Waals surface area contributed by atoms with Crippen LogP contribution in [-0.4, -0.2) is 10.8 Å². The van der Waals surface area contributed by atoms with Gasteiger partial charge in [-0.15, -0.1) is 0 Å². The van der Waals surface area contributed by atoms with Gasteiger partial charge in [-0.3, -0.25) is 4.98 Å². The number of aliphatic imine (C=N–C) groups is 1. The summed E-state index contributed by atoms with van der Waals surface area (Å²) < 4.78 is 0. The Labute approximate surface area is 100 Å². The first-order valence-corrected chi connectivity index (χ1v) is 5.33. The predicted octanol–water partition coefficient (Wildman–Crippen LogP) is 1.93. The molecule has 0 spiro atoms. The van der Waals surface area contributed by atoms with Gasteiger partial charge in [-0.25, -0.2) is 10.8 Å². The Morgan fingerprint density at radius 3 is 2.65 bits per heavy atom. The quantitative estimate of drug-likeness (QED) is 0.356. The molecule has 2 rings (SSSR count). The number of aromatic nitrogens is 1. The van der Waals surface area contributed by atoms with Crippen LogP contribution in [0.3, 0.4) is 0 Å². The SMILES string of the molecule is Cc1cc(C(=Nc2ccccc2)NN)ccn1. The van der Waals surface area contributed by atoms with Crippen LogP contribution in [0.15, 0.2) is 53.7 Å². The lowest BCUT2D eigenvalue weighted by Crippen LogP contribution is -2.31. The second kappa shape index (κ2) is 5.23. The van der Waals surface area contributed by atoms with Crippen LogP contribution < -0.4 is 11.3 Å². The summed E-state index contributed by atoms with van der Waals surface area (Å²) in [5.41, 5.74) is 5.32. The zero-order valence-corrected chi connectivity index (χ0v) is 9.59. The second-order valence-corrected chi connectivity index (χ2v) is 3.63. The molecule has 0 amide bonds. The number of aryl methyl sites for hydroxylation is 1. The molecule has 1 aromatic carbocycles. The number of benzene rings is 1. The number of hydrazine groups is 1. The fourth-order valence-corrected chi connectivity index (χ4v) is 1.50. The summed E-state index contributed by atoms with van der Waals surface area (Å²) in [5, 5.41) is 0. The van der Waals surface area contributed by atoms with E-state index in [1.165, 1.54) is 0 Å². The summed E-state index contributed by atoms with van der Waals surface area (Å²) in [5.74, 6) is 6.13. The van der Waals surface area contributed by atoms with Crippen molar-refractivity contribution in [3.63, 3.8) is 0 Å². The third-order valence-electron chi connectivity index (χ3n) is 2.30. The number of nitrogens with two attached hydrogens (primary N) is 1. The van der Waals surface area contributed by atoms with Gasteiger partial charge >= 0.3 is 0 Å². The minimum Gasteiger partial charge on any atom is -0.308 e. The number of nitrogens with one attached hydrogen (secondary N) is 1. The molecule has 0 aliphatic carbocycles. The number of hydrogen-bond donors (Lipinski definition) is 2. The van der Waals surface area contributed by atoms with Crippen LogP contribution in [-0.2, 0) is 0 Å². The highest BCUT2D eigenvalue weighted by atomic mass is 15.2. The number of hydrogen-bond acceptors (Lipinski definition) is 3. The van der Waals surface area contributed by atoms with E-state index in [1.807, 2.05) is 49.4 Å². The smallest absolute Gasteiger partial charge is 0.148 e. The Morgan fingerprint density at radius 2 is 2.00 bits per heavy atom. The summed E-state index contributed by atoms with van der Waals surface area (Å²) in [4.78, 5) is 8.58. The zero-order chi connectivity index (χ0) is 12.1. The lowest BCUT2D eigenvalue weighted by Gasteiger charge is -2.06. The predicted molar refractivity (Wildman–Crippen MR) is 68.9 cm³/mol. The van der Waals surface area contributed by atoms with Crippen molar-refractivity contribution in [3.8, 4) is 0 Å². The van der Waals surface area contributed by atoms with Crippen LogP contribution in [0, 0.1) is 6.92 Å². The molecular formula is C13H14N4. The Morgan fingerprint density at radius 1 is 1.24 bits per heavy atom. The number of amidine groups is 1. The van der Waals surface area contributed by atoms with Crippen molar-refractivity contribution in [1.82, 2.24) is 10.4 Å². The Balaban J connectivity index is 2.37. The highest BCUT2D eigenvalue weighted by Crippen LogP contribution is 2.12. The van der Waals surface area contributed by atoms with Crippen molar-refractivity contribution < 1.29 is 0 Å². The lowest BCUT2D eigenvalue weighted by atomic mass is 10.2. The number of nitrogens with zero attached hydrogens (tertiary/aromatic N) is 2. The average molecular weight is 226 g/mol. The maximum Gasteiger partial charge on any atom is 0.148 e. The van der Waals surface area contributed by atoms with Crippen LogP contribution >= 0.6 is 0 Å². The highest BCUT2D eigenvalue weighted by Gasteiger charge is 2.02. The molecular weight excluding hydrogens is 212 g/mol. The fourth-order valence-electron chi connectivity index (χ4n) is 1.50. The molecule has 1 heterocycles. The molecule has 0 aliphatic rings. The monoisotopic (exact) mass is 226 g/mol. The van der Waals surface area contributed by atoms with Gasteiger partial charge in [0.15, 0.2) is 0 Å². The average Bonchev–Trinajstić information content (AvgIpc) is 2.37. The summed E-state index contributed by atoms with van der Waals surface area (Å²) >= 11 is 0. The van der Waals surface area contributed by atoms with Gasteiger partial charge in [0, 0.05) is 17.5 Å². The van der Waals surface area contributed by atoms with Crippen LogP contribution in [0.1, 0.15) is 11.3 Å². The number of para-hydroxylation sites is 1. The standard InChI is InChI=1S/C13H14N4/c1-10-9-11(7-8-15-10)13(17-14)16-12-5-3-2-4-6-12/h2-9H,14H2,1H3,(H,16,17). The van der Waals surface area contributed by atoms with E-state index < -0.39 is 0 Å². The lowest BCUT2D eigenvalue weighted by molar-refractivity contribution is 1.02. The van der Waals surface area contributed by atoms with Crippen LogP contribution in [0.5, 0.6) is 0 Å². The molecule has 3 N–H and O–H groups in total. The summed E-state index contributed by atoms with van der Waals surface area (Å²) in [6, 6.07) is 13.5. The van der Waals surface area contributed by atoms with Crippen LogP contribution in [0.2, 0.25) is 0 Å². The molecule has 4 heteroatoms. The number of pyridine rings is 1. The summed E-state index contributed by atoms with van der Waals surface area (Å²) in [6.07, 6.45) is 1.74. The molecule has 4 nitrogen and oxygen atoms in total. The van der Waals surface area contributed by atoms with Crippen molar-refractivity contribution in [2.24, 2.45) is 10.8 Å². The second-order valence-electron chi connectivity index (χ2n) is 3.63. The van der Waals surface area contributed by atoms with Crippen molar-refractivity contribution in [3.05, 3.63) is 59.9 Å². The molecule has 0 saturated carbocycles. The van der Waals surface area contributed by atoms with Crippen molar-refractivity contribution in [2.45, 2.75) is 6.92 Å². The fraction of sp³-hybridized carbons (Fsp3) is 0.0769. The molecule has 0 radical (unpaired) electrons. The maximum atomic E-state index is 5.50. The minimum atomic E-state index is 0.627. The first-order valence-electron chi connectivity index (χ1n) is 5.33. The zero-order valence-electron chi connectivity index (χ0n) is 9.59. The van der Waals surface area contributed by atoms with Gasteiger partial charge < -0.3 is 5.43 Å². The van der Waals surface area contributed by atoms with E-state index in [0.717, 1.165) is 16.9 Å². The first-order chi connectivity index (χ1) is 8.29. The van der Waals surface area contributed by atoms with E-state index in [-0.39, 0.29) is 0 Å². The molecule has 86 valence electrons. The van der Waals surface area contributed by atoms with Gasteiger partial charge in [0.25, 0.3) is 0 Å². The van der Waals surface area contributed by atoms with Crippen LogP contribution in [0.4, 0.5) is 5.69 Å².